The van der Waals surface area contributed by atoms with Crippen LogP contribution in [0, 0.1) is 0 Å². The van der Waals surface area contributed by atoms with E-state index in [1.165, 1.54) is 35.2 Å². The van der Waals surface area contributed by atoms with Crippen LogP contribution in [0.25, 0.3) is 0 Å². The third-order valence-corrected chi connectivity index (χ3v) is 5.80. The number of halogens is 3. The summed E-state index contributed by atoms with van der Waals surface area (Å²) in [7, 11) is 0. The second kappa shape index (κ2) is 11.7. The third kappa shape index (κ3) is 7.95. The maximum Gasteiger partial charge on any atom is 0.416 e. The Kier molecular flexibility index (Phi) is 8.88. The van der Waals surface area contributed by atoms with E-state index in [-0.39, 0.29) is 37.2 Å². The number of hydrogen-bond donors (Lipinski definition) is 2. The maximum atomic E-state index is 13.1. The molecule has 1 atom stereocenters. The highest BCUT2D eigenvalue weighted by molar-refractivity contribution is 6.00. The molecule has 0 aromatic heterocycles. The number of benzene rings is 2. The van der Waals surface area contributed by atoms with E-state index >= 15 is 0 Å². The van der Waals surface area contributed by atoms with Gasteiger partial charge in [-0.1, -0.05) is 18.2 Å². The Morgan fingerprint density at radius 3 is 2.44 bits per heavy atom. The monoisotopic (exact) mass is 549 g/mol. The predicted molar refractivity (Wildman–Crippen MR) is 133 cm³/mol. The van der Waals surface area contributed by atoms with Crippen molar-refractivity contribution in [2.75, 3.05) is 6.61 Å². The Hall–Kier alpha value is -4.09. The fourth-order valence-corrected chi connectivity index (χ4v) is 4.06. The van der Waals surface area contributed by atoms with Crippen LogP contribution in [0.1, 0.15) is 60.7 Å². The highest BCUT2D eigenvalue weighted by atomic mass is 19.4. The average molecular weight is 550 g/mol. The number of nitrogens with one attached hydrogen (secondary N) is 1. The molecule has 1 heterocycles. The van der Waals surface area contributed by atoms with Gasteiger partial charge in [0.05, 0.1) is 5.56 Å². The lowest BCUT2D eigenvalue weighted by Gasteiger charge is -2.29. The molecule has 39 heavy (non-hydrogen) atoms. The normalized spacial score (nSPS) is 14.0. The number of nitrogens with two attached hydrogens (primary N) is 1. The van der Waals surface area contributed by atoms with Gasteiger partial charge >= 0.3 is 12.1 Å². The van der Waals surface area contributed by atoms with Gasteiger partial charge in [0, 0.05) is 25.1 Å². The molecule has 1 aliphatic heterocycles. The first-order valence-corrected chi connectivity index (χ1v) is 12.2. The summed E-state index contributed by atoms with van der Waals surface area (Å²) in [5.74, 6) is -2.10. The summed E-state index contributed by atoms with van der Waals surface area (Å²) >= 11 is 0. The molecule has 12 heteroatoms. The molecule has 210 valence electrons. The zero-order valence-corrected chi connectivity index (χ0v) is 21.8. The first-order valence-electron chi connectivity index (χ1n) is 12.2. The number of esters is 1. The SMILES string of the molecule is CC(C)(C)OC(=O)C(CCC(N)=O)N1Cc2cc(OCC(=O)NCc3ccccc3C(F)(F)F)ccc2C1=O. The summed E-state index contributed by atoms with van der Waals surface area (Å²) in [6, 6.07) is 8.40. The van der Waals surface area contributed by atoms with Crippen LogP contribution < -0.4 is 15.8 Å². The van der Waals surface area contributed by atoms with Gasteiger partial charge in [0.2, 0.25) is 5.91 Å². The molecule has 0 saturated heterocycles. The molecule has 0 spiro atoms. The van der Waals surface area contributed by atoms with Gasteiger partial charge in [-0.25, -0.2) is 4.79 Å². The number of fused-ring (bicyclic) bond motifs is 1. The van der Waals surface area contributed by atoms with Crippen LogP contribution in [0.15, 0.2) is 42.5 Å². The van der Waals surface area contributed by atoms with Gasteiger partial charge in [-0.2, -0.15) is 13.2 Å². The minimum Gasteiger partial charge on any atom is -0.484 e. The standard InChI is InChI=1S/C27H30F3N3O6/c1-26(2,3)39-25(37)21(10-11-22(31)34)33-14-17-12-18(8-9-19(17)24(33)36)38-15-23(35)32-13-16-6-4-5-7-20(16)27(28,29)30/h4-9,12,21H,10-11,13-15H2,1-3H3,(H2,31,34)(H,32,35). The molecule has 0 radical (unpaired) electrons. The van der Waals surface area contributed by atoms with Crippen molar-refractivity contribution in [3.05, 3.63) is 64.7 Å². The number of carbonyl (C=O) groups excluding carboxylic acids is 4. The van der Waals surface area contributed by atoms with Crippen molar-refractivity contribution in [3.8, 4) is 5.75 Å². The van der Waals surface area contributed by atoms with Crippen LogP contribution in [0.4, 0.5) is 13.2 Å². The van der Waals surface area contributed by atoms with Crippen molar-refractivity contribution in [3.63, 3.8) is 0 Å². The van der Waals surface area contributed by atoms with Gasteiger partial charge in [0.15, 0.2) is 6.61 Å². The molecule has 2 aromatic carbocycles. The molecule has 9 nitrogen and oxygen atoms in total. The summed E-state index contributed by atoms with van der Waals surface area (Å²) in [6.07, 6.45) is -4.68. The Balaban J connectivity index is 1.64. The van der Waals surface area contributed by atoms with Crippen molar-refractivity contribution in [1.29, 1.82) is 0 Å². The van der Waals surface area contributed by atoms with Gasteiger partial charge < -0.3 is 25.4 Å². The zero-order valence-electron chi connectivity index (χ0n) is 21.8. The fraction of sp³-hybridized carbons (Fsp3) is 0.407. The number of amides is 3. The Labute approximate surface area is 223 Å². The first kappa shape index (κ1) is 29.5. The summed E-state index contributed by atoms with van der Waals surface area (Å²) in [5.41, 5.74) is 4.38. The summed E-state index contributed by atoms with van der Waals surface area (Å²) in [6.45, 7) is 4.30. The molecule has 1 unspecified atom stereocenters. The fourth-order valence-electron chi connectivity index (χ4n) is 4.06. The van der Waals surface area contributed by atoms with Crippen molar-refractivity contribution >= 4 is 23.7 Å². The molecule has 1 aliphatic rings. The van der Waals surface area contributed by atoms with Crippen LogP contribution >= 0.6 is 0 Å². The zero-order chi connectivity index (χ0) is 29.0. The molecule has 3 rings (SSSR count). The maximum absolute atomic E-state index is 13.1. The Bertz CT molecular complexity index is 1260. The number of ether oxygens (including phenoxy) is 2. The molecule has 0 saturated carbocycles. The van der Waals surface area contributed by atoms with Gasteiger partial charge in [-0.3, -0.25) is 14.4 Å². The van der Waals surface area contributed by atoms with E-state index in [1.807, 2.05) is 0 Å². The molecule has 0 bridgehead atoms. The quantitative estimate of drug-likeness (QED) is 0.438. The predicted octanol–water partition coefficient (Wildman–Crippen LogP) is 3.33. The van der Waals surface area contributed by atoms with Crippen molar-refractivity contribution in [2.24, 2.45) is 5.73 Å². The van der Waals surface area contributed by atoms with Crippen LogP contribution in [0.2, 0.25) is 0 Å². The van der Waals surface area contributed by atoms with E-state index in [9.17, 15) is 32.3 Å². The number of carbonyl (C=O) groups is 4. The second-order valence-electron chi connectivity index (χ2n) is 10.0. The van der Waals surface area contributed by atoms with Gasteiger partial charge in [0.25, 0.3) is 11.8 Å². The molecule has 3 N–H and O–H groups in total. The summed E-state index contributed by atoms with van der Waals surface area (Å²) in [4.78, 5) is 50.8. The van der Waals surface area contributed by atoms with Gasteiger partial charge in [0.1, 0.15) is 17.4 Å². The van der Waals surface area contributed by atoms with E-state index < -0.39 is 53.7 Å². The number of hydrogen-bond acceptors (Lipinski definition) is 6. The third-order valence-electron chi connectivity index (χ3n) is 5.80. The smallest absolute Gasteiger partial charge is 0.416 e. The lowest BCUT2D eigenvalue weighted by atomic mass is 10.1. The number of nitrogens with zero attached hydrogens (tertiary/aromatic N) is 1. The van der Waals surface area contributed by atoms with Crippen molar-refractivity contribution in [2.45, 2.75) is 64.5 Å². The van der Waals surface area contributed by atoms with E-state index in [4.69, 9.17) is 15.2 Å². The van der Waals surface area contributed by atoms with Gasteiger partial charge in [-0.15, -0.1) is 0 Å². The minimum atomic E-state index is -4.55. The molecular weight excluding hydrogens is 519 g/mol. The minimum absolute atomic E-state index is 0.00896. The first-order chi connectivity index (χ1) is 18.2. The lowest BCUT2D eigenvalue weighted by Crippen LogP contribution is -2.45. The molecule has 2 aromatic rings. The Morgan fingerprint density at radius 1 is 1.10 bits per heavy atom. The molecule has 3 amide bonds. The molecule has 0 fully saturated rings. The van der Waals surface area contributed by atoms with Crippen LogP contribution in [0.5, 0.6) is 5.75 Å². The molecule has 0 aliphatic carbocycles. The molecular formula is C27H30F3N3O6. The summed E-state index contributed by atoms with van der Waals surface area (Å²) in [5, 5.41) is 2.40. The highest BCUT2D eigenvalue weighted by Crippen LogP contribution is 2.32. The van der Waals surface area contributed by atoms with E-state index in [2.05, 4.69) is 5.32 Å². The van der Waals surface area contributed by atoms with Crippen LogP contribution in [-0.2, 0) is 38.4 Å². The van der Waals surface area contributed by atoms with Gasteiger partial charge in [-0.05, 0) is 62.6 Å². The van der Waals surface area contributed by atoms with E-state index in [0.717, 1.165) is 6.07 Å². The van der Waals surface area contributed by atoms with E-state index in [1.54, 1.807) is 26.8 Å². The number of alkyl halides is 3. The number of rotatable bonds is 10. The summed E-state index contributed by atoms with van der Waals surface area (Å²) < 4.78 is 50.4. The van der Waals surface area contributed by atoms with Crippen molar-refractivity contribution in [1.82, 2.24) is 10.2 Å². The number of primary amides is 1. The highest BCUT2D eigenvalue weighted by Gasteiger charge is 2.39. The second-order valence-corrected chi connectivity index (χ2v) is 10.0. The largest absolute Gasteiger partial charge is 0.484 e. The Morgan fingerprint density at radius 2 is 1.79 bits per heavy atom. The lowest BCUT2D eigenvalue weighted by molar-refractivity contribution is -0.161. The topological polar surface area (TPSA) is 128 Å². The van der Waals surface area contributed by atoms with Crippen molar-refractivity contribution < 1.29 is 41.8 Å². The van der Waals surface area contributed by atoms with Crippen LogP contribution in [-0.4, -0.2) is 46.8 Å². The average Bonchev–Trinajstić information content (AvgIpc) is 3.15. The van der Waals surface area contributed by atoms with E-state index in [0.29, 0.717) is 11.1 Å². The van der Waals surface area contributed by atoms with Crippen LogP contribution in [0.3, 0.4) is 0 Å².